The highest BCUT2D eigenvalue weighted by molar-refractivity contribution is 5.85. The van der Waals surface area contributed by atoms with Crippen LogP contribution >= 0.6 is 12.4 Å². The van der Waals surface area contributed by atoms with Crippen molar-refractivity contribution in [3.63, 3.8) is 0 Å². The number of benzene rings is 1. The second-order valence-corrected chi connectivity index (χ2v) is 5.73. The van der Waals surface area contributed by atoms with Gasteiger partial charge in [0.2, 0.25) is 0 Å². The number of ether oxygens (including phenoxy) is 1. The molecule has 0 unspecified atom stereocenters. The summed E-state index contributed by atoms with van der Waals surface area (Å²) in [7, 11) is 2.13. The van der Waals surface area contributed by atoms with Crippen molar-refractivity contribution in [1.29, 1.82) is 0 Å². The van der Waals surface area contributed by atoms with Gasteiger partial charge in [0.1, 0.15) is 5.75 Å². The third-order valence-corrected chi connectivity index (χ3v) is 3.89. The van der Waals surface area contributed by atoms with E-state index in [-0.39, 0.29) is 18.2 Å². The molecule has 1 heterocycles. The van der Waals surface area contributed by atoms with E-state index in [0.29, 0.717) is 6.61 Å². The molecule has 1 aliphatic heterocycles. The quantitative estimate of drug-likeness (QED) is 0.728. The van der Waals surface area contributed by atoms with Gasteiger partial charge in [0.05, 0.1) is 12.2 Å². The molecular formula is C16H24ClF3N2O. The zero-order chi connectivity index (χ0) is 16.0. The van der Waals surface area contributed by atoms with Crippen molar-refractivity contribution in [2.75, 3.05) is 46.4 Å². The van der Waals surface area contributed by atoms with Crippen molar-refractivity contribution in [1.82, 2.24) is 9.80 Å². The van der Waals surface area contributed by atoms with E-state index < -0.39 is 11.7 Å². The van der Waals surface area contributed by atoms with Gasteiger partial charge < -0.3 is 14.5 Å². The van der Waals surface area contributed by atoms with Crippen LogP contribution in [0.4, 0.5) is 13.2 Å². The third-order valence-electron chi connectivity index (χ3n) is 3.89. The largest absolute Gasteiger partial charge is 0.494 e. The van der Waals surface area contributed by atoms with Gasteiger partial charge in [0.15, 0.2) is 0 Å². The first-order valence-corrected chi connectivity index (χ1v) is 7.66. The fourth-order valence-electron chi connectivity index (χ4n) is 2.46. The molecule has 0 bridgehead atoms. The number of unbranched alkanes of at least 4 members (excludes halogenated alkanes) is 1. The van der Waals surface area contributed by atoms with Gasteiger partial charge in [-0.1, -0.05) is 6.07 Å². The lowest BCUT2D eigenvalue weighted by atomic mass is 10.2. The van der Waals surface area contributed by atoms with Gasteiger partial charge in [-0.05, 0) is 44.6 Å². The minimum Gasteiger partial charge on any atom is -0.494 e. The lowest BCUT2D eigenvalue weighted by Gasteiger charge is -2.32. The molecule has 1 aliphatic rings. The highest BCUT2D eigenvalue weighted by Gasteiger charge is 2.30. The average Bonchev–Trinajstić information content (AvgIpc) is 2.48. The Morgan fingerprint density at radius 1 is 1.09 bits per heavy atom. The van der Waals surface area contributed by atoms with E-state index in [4.69, 9.17) is 4.74 Å². The standard InChI is InChI=1S/C16H23F3N2O.ClH/c1-20-8-10-21(11-9-20)7-2-3-12-22-15-6-4-5-14(13-15)16(17,18)19;/h4-6,13H,2-3,7-12H2,1H3;1H. The van der Waals surface area contributed by atoms with Crippen molar-refractivity contribution in [2.24, 2.45) is 0 Å². The maximum Gasteiger partial charge on any atom is 0.416 e. The van der Waals surface area contributed by atoms with Gasteiger partial charge in [-0.15, -0.1) is 12.4 Å². The summed E-state index contributed by atoms with van der Waals surface area (Å²) in [6.45, 7) is 5.85. The number of hydrogen-bond acceptors (Lipinski definition) is 3. The Morgan fingerprint density at radius 3 is 2.43 bits per heavy atom. The first-order valence-electron chi connectivity index (χ1n) is 7.66. The molecule has 0 amide bonds. The summed E-state index contributed by atoms with van der Waals surface area (Å²) in [4.78, 5) is 4.73. The van der Waals surface area contributed by atoms with Gasteiger partial charge in [-0.2, -0.15) is 13.2 Å². The van der Waals surface area contributed by atoms with Crippen molar-refractivity contribution >= 4 is 12.4 Å². The van der Waals surface area contributed by atoms with Crippen LogP contribution in [0.3, 0.4) is 0 Å². The average molecular weight is 353 g/mol. The summed E-state index contributed by atoms with van der Waals surface area (Å²) < 4.78 is 43.2. The maximum absolute atomic E-state index is 12.6. The second-order valence-electron chi connectivity index (χ2n) is 5.73. The van der Waals surface area contributed by atoms with Crippen LogP contribution in [0.1, 0.15) is 18.4 Å². The topological polar surface area (TPSA) is 15.7 Å². The summed E-state index contributed by atoms with van der Waals surface area (Å²) in [5.74, 6) is 0.287. The zero-order valence-electron chi connectivity index (χ0n) is 13.3. The van der Waals surface area contributed by atoms with Crippen LogP contribution < -0.4 is 4.74 Å². The van der Waals surface area contributed by atoms with Gasteiger partial charge >= 0.3 is 6.18 Å². The second kappa shape index (κ2) is 9.35. The molecule has 0 spiro atoms. The Balaban J connectivity index is 0.00000264. The first kappa shape index (κ1) is 20.1. The Labute approximate surface area is 141 Å². The highest BCUT2D eigenvalue weighted by Crippen LogP contribution is 2.31. The summed E-state index contributed by atoms with van der Waals surface area (Å²) in [6, 6.07) is 5.05. The summed E-state index contributed by atoms with van der Waals surface area (Å²) in [6.07, 6.45) is -2.47. The van der Waals surface area contributed by atoms with E-state index in [1.165, 1.54) is 6.07 Å². The number of likely N-dealkylation sites (N-methyl/N-ethyl adjacent to an activating group) is 1. The van der Waals surface area contributed by atoms with E-state index >= 15 is 0 Å². The molecule has 3 nitrogen and oxygen atoms in total. The van der Waals surface area contributed by atoms with E-state index in [2.05, 4.69) is 16.8 Å². The van der Waals surface area contributed by atoms with Gasteiger partial charge in [-0.25, -0.2) is 0 Å². The number of alkyl halides is 3. The Morgan fingerprint density at radius 2 is 1.78 bits per heavy atom. The lowest BCUT2D eigenvalue weighted by Crippen LogP contribution is -2.44. The van der Waals surface area contributed by atoms with Crippen LogP contribution in [0.5, 0.6) is 5.75 Å². The predicted molar refractivity (Wildman–Crippen MR) is 87.4 cm³/mol. The maximum atomic E-state index is 12.6. The van der Waals surface area contributed by atoms with Crippen LogP contribution in [0, 0.1) is 0 Å². The molecule has 0 aliphatic carbocycles. The smallest absolute Gasteiger partial charge is 0.416 e. The van der Waals surface area contributed by atoms with Crippen LogP contribution in [-0.2, 0) is 6.18 Å². The Kier molecular flexibility index (Phi) is 8.16. The molecule has 0 aromatic heterocycles. The molecule has 2 rings (SSSR count). The highest BCUT2D eigenvalue weighted by atomic mass is 35.5. The van der Waals surface area contributed by atoms with Gasteiger partial charge in [0.25, 0.3) is 0 Å². The number of halogens is 4. The fourth-order valence-corrected chi connectivity index (χ4v) is 2.46. The predicted octanol–water partition coefficient (Wildman–Crippen LogP) is 3.53. The SMILES string of the molecule is CN1CCN(CCCCOc2cccc(C(F)(F)F)c2)CC1.Cl. The van der Waals surface area contributed by atoms with Gasteiger partial charge in [0, 0.05) is 26.2 Å². The lowest BCUT2D eigenvalue weighted by molar-refractivity contribution is -0.137. The van der Waals surface area contributed by atoms with E-state index in [1.807, 2.05) is 0 Å². The number of hydrogen-bond donors (Lipinski definition) is 0. The molecular weight excluding hydrogens is 329 g/mol. The molecule has 0 atom stereocenters. The van der Waals surface area contributed by atoms with E-state index in [1.54, 1.807) is 6.07 Å². The number of nitrogens with zero attached hydrogens (tertiary/aromatic N) is 2. The van der Waals surface area contributed by atoms with Crippen LogP contribution in [-0.4, -0.2) is 56.2 Å². The number of piperazine rings is 1. The molecule has 0 saturated carbocycles. The van der Waals surface area contributed by atoms with Crippen molar-refractivity contribution in [3.05, 3.63) is 29.8 Å². The molecule has 23 heavy (non-hydrogen) atoms. The fraction of sp³-hybridized carbons (Fsp3) is 0.625. The van der Waals surface area contributed by atoms with Crippen LogP contribution in [0.2, 0.25) is 0 Å². The molecule has 0 N–H and O–H groups in total. The monoisotopic (exact) mass is 352 g/mol. The Bertz CT molecular complexity index is 463. The number of rotatable bonds is 6. The zero-order valence-corrected chi connectivity index (χ0v) is 14.1. The summed E-state index contributed by atoms with van der Waals surface area (Å²) >= 11 is 0. The van der Waals surface area contributed by atoms with Gasteiger partial charge in [-0.3, -0.25) is 0 Å². The minimum atomic E-state index is -4.32. The molecule has 7 heteroatoms. The molecule has 1 fully saturated rings. The van der Waals surface area contributed by atoms with E-state index in [9.17, 15) is 13.2 Å². The third kappa shape index (κ3) is 6.97. The Hall–Kier alpha value is -0.980. The van der Waals surface area contributed by atoms with Crippen molar-refractivity contribution in [2.45, 2.75) is 19.0 Å². The molecule has 1 saturated heterocycles. The minimum absolute atomic E-state index is 0. The molecule has 132 valence electrons. The first-order chi connectivity index (χ1) is 10.4. The van der Waals surface area contributed by atoms with Crippen LogP contribution in [0.25, 0.3) is 0 Å². The molecule has 1 aromatic carbocycles. The summed E-state index contributed by atoms with van der Waals surface area (Å²) in [5, 5.41) is 0. The molecule has 1 aromatic rings. The van der Waals surface area contributed by atoms with Crippen LogP contribution in [0.15, 0.2) is 24.3 Å². The van der Waals surface area contributed by atoms with Crippen molar-refractivity contribution < 1.29 is 17.9 Å². The molecule has 0 radical (unpaired) electrons. The summed E-state index contributed by atoms with van der Waals surface area (Å²) in [5.41, 5.74) is -0.664. The van der Waals surface area contributed by atoms with Crippen molar-refractivity contribution in [3.8, 4) is 5.75 Å². The normalized spacial score (nSPS) is 16.9. The van der Waals surface area contributed by atoms with E-state index in [0.717, 1.165) is 57.7 Å².